The SMILES string of the molecule is O=C(CCC(F)(F)F)NC(c1cnn2cc([C@@H](NC(=O)c3conc3CCF)C3CCC(F)(F)CC3)nc2c1)C1CC1. The Bertz CT molecular complexity index is 1410. The Morgan fingerprint density at radius 2 is 1.81 bits per heavy atom. The van der Waals surface area contributed by atoms with Crippen LogP contribution in [0.4, 0.5) is 26.3 Å². The lowest BCUT2D eigenvalue weighted by atomic mass is 9.81. The van der Waals surface area contributed by atoms with Crippen LogP contribution in [-0.4, -0.2) is 50.3 Å². The quantitative estimate of drug-likeness (QED) is 0.284. The van der Waals surface area contributed by atoms with Crippen molar-refractivity contribution >= 4 is 17.5 Å². The number of hydrogen-bond acceptors (Lipinski definition) is 6. The number of alkyl halides is 6. The molecule has 2 fully saturated rings. The van der Waals surface area contributed by atoms with Gasteiger partial charge in [-0.15, -0.1) is 0 Å². The van der Waals surface area contributed by atoms with Crippen LogP contribution in [0.2, 0.25) is 0 Å². The van der Waals surface area contributed by atoms with Crippen molar-refractivity contribution in [2.45, 2.75) is 82.0 Å². The summed E-state index contributed by atoms with van der Waals surface area (Å²) in [4.78, 5) is 30.1. The first-order chi connectivity index (χ1) is 19.9. The summed E-state index contributed by atoms with van der Waals surface area (Å²) in [6.45, 7) is -0.751. The van der Waals surface area contributed by atoms with Gasteiger partial charge in [-0.25, -0.2) is 18.3 Å². The minimum Gasteiger partial charge on any atom is -0.364 e. The molecule has 228 valence electrons. The molecule has 0 bridgehead atoms. The topological polar surface area (TPSA) is 114 Å². The van der Waals surface area contributed by atoms with E-state index in [0.29, 0.717) is 16.9 Å². The molecule has 2 atom stereocenters. The summed E-state index contributed by atoms with van der Waals surface area (Å²) in [7, 11) is 0. The van der Waals surface area contributed by atoms with Crippen LogP contribution in [0.15, 0.2) is 29.2 Å². The molecule has 3 aromatic heterocycles. The summed E-state index contributed by atoms with van der Waals surface area (Å²) < 4.78 is 84.9. The third-order valence-electron chi connectivity index (χ3n) is 7.82. The van der Waals surface area contributed by atoms with Gasteiger partial charge in [0.05, 0.1) is 49.0 Å². The van der Waals surface area contributed by atoms with Crippen molar-refractivity contribution in [3.63, 3.8) is 0 Å². The van der Waals surface area contributed by atoms with Crippen LogP contribution < -0.4 is 10.6 Å². The number of aromatic nitrogens is 4. The zero-order valence-corrected chi connectivity index (χ0v) is 22.5. The second kappa shape index (κ2) is 11.9. The van der Waals surface area contributed by atoms with E-state index >= 15 is 0 Å². The Balaban J connectivity index is 1.39. The zero-order chi connectivity index (χ0) is 30.1. The molecule has 0 radical (unpaired) electrons. The molecule has 2 saturated carbocycles. The number of nitrogens with zero attached hydrogens (tertiary/aromatic N) is 4. The van der Waals surface area contributed by atoms with E-state index in [0.717, 1.165) is 19.1 Å². The van der Waals surface area contributed by atoms with Crippen LogP contribution in [0.5, 0.6) is 0 Å². The molecule has 5 rings (SSSR count). The molecule has 15 heteroatoms. The average molecular weight is 601 g/mol. The molecule has 0 aliphatic heterocycles. The molecule has 2 amide bonds. The van der Waals surface area contributed by atoms with Crippen molar-refractivity contribution in [2.75, 3.05) is 6.67 Å². The van der Waals surface area contributed by atoms with Gasteiger partial charge >= 0.3 is 6.18 Å². The Hall–Kier alpha value is -3.65. The van der Waals surface area contributed by atoms with Crippen molar-refractivity contribution in [3.8, 4) is 0 Å². The molecule has 42 heavy (non-hydrogen) atoms. The molecule has 3 heterocycles. The molecule has 1 unspecified atom stereocenters. The Morgan fingerprint density at radius 1 is 1.10 bits per heavy atom. The number of halogens is 6. The smallest absolute Gasteiger partial charge is 0.364 e. The van der Waals surface area contributed by atoms with Crippen molar-refractivity contribution in [1.29, 1.82) is 0 Å². The highest BCUT2D eigenvalue weighted by Crippen LogP contribution is 2.43. The number of fused-ring (bicyclic) bond motifs is 1. The van der Waals surface area contributed by atoms with Gasteiger partial charge in [-0.1, -0.05) is 5.16 Å². The fourth-order valence-electron chi connectivity index (χ4n) is 5.40. The lowest BCUT2D eigenvalue weighted by Gasteiger charge is -2.33. The number of aryl methyl sites for hydroxylation is 1. The normalized spacial score (nSPS) is 19.0. The van der Waals surface area contributed by atoms with Gasteiger partial charge in [0.25, 0.3) is 5.91 Å². The van der Waals surface area contributed by atoms with Gasteiger partial charge < -0.3 is 15.2 Å². The third-order valence-corrected chi connectivity index (χ3v) is 7.82. The van der Waals surface area contributed by atoms with E-state index in [1.54, 1.807) is 12.3 Å². The lowest BCUT2D eigenvalue weighted by molar-refractivity contribution is -0.144. The first-order valence-corrected chi connectivity index (χ1v) is 13.8. The van der Waals surface area contributed by atoms with Crippen molar-refractivity contribution < 1.29 is 40.5 Å². The maximum atomic E-state index is 14.0. The van der Waals surface area contributed by atoms with Crippen LogP contribution in [-0.2, 0) is 11.2 Å². The molecular formula is C27H30F6N6O3. The first-order valence-electron chi connectivity index (χ1n) is 13.8. The van der Waals surface area contributed by atoms with Crippen molar-refractivity contribution in [2.24, 2.45) is 11.8 Å². The second-order valence-electron chi connectivity index (χ2n) is 11.0. The predicted molar refractivity (Wildman–Crippen MR) is 135 cm³/mol. The van der Waals surface area contributed by atoms with Gasteiger partial charge in [-0.05, 0) is 49.1 Å². The highest BCUT2D eigenvalue weighted by Gasteiger charge is 2.40. The van der Waals surface area contributed by atoms with Crippen molar-refractivity contribution in [3.05, 3.63) is 47.2 Å². The lowest BCUT2D eigenvalue weighted by Crippen LogP contribution is -2.37. The van der Waals surface area contributed by atoms with Crippen LogP contribution in [0, 0.1) is 11.8 Å². The summed E-state index contributed by atoms with van der Waals surface area (Å²) in [6, 6.07) is 0.340. The van der Waals surface area contributed by atoms with Gasteiger partial charge in [0.2, 0.25) is 11.8 Å². The Kier molecular flexibility index (Phi) is 8.46. The van der Waals surface area contributed by atoms with E-state index in [2.05, 4.69) is 25.9 Å². The summed E-state index contributed by atoms with van der Waals surface area (Å²) in [5.41, 5.74) is 1.45. The fraction of sp³-hybridized carbons (Fsp3) is 0.593. The number of rotatable bonds is 11. The van der Waals surface area contributed by atoms with Gasteiger partial charge in [0.1, 0.15) is 11.8 Å². The average Bonchev–Trinajstić information content (AvgIpc) is 3.51. The number of carbonyl (C=O) groups is 2. The van der Waals surface area contributed by atoms with E-state index in [9.17, 15) is 35.9 Å². The fourth-order valence-corrected chi connectivity index (χ4v) is 5.40. The molecule has 0 saturated heterocycles. The van der Waals surface area contributed by atoms with Gasteiger partial charge in [-0.2, -0.15) is 18.3 Å². The number of nitrogens with one attached hydrogen (secondary N) is 2. The standard InChI is InChI=1S/C27H30F6N6O3/c28-10-6-19-18(14-42-38-19)25(41)37-24(16-3-7-26(29,30)8-4-16)20-13-39-21(35-20)11-17(12-34-39)23(15-1-2-15)36-22(40)5-9-27(31,32)33/h11-16,23-24H,1-10H2,(H,36,40)(H,37,41)/t23?,24-/m0/s1. The number of amides is 2. The molecule has 0 aromatic carbocycles. The predicted octanol–water partition coefficient (Wildman–Crippen LogP) is 5.44. The number of imidazole rings is 1. The largest absolute Gasteiger partial charge is 0.389 e. The summed E-state index contributed by atoms with van der Waals surface area (Å²) in [5.74, 6) is -4.45. The zero-order valence-electron chi connectivity index (χ0n) is 22.5. The molecule has 2 N–H and O–H groups in total. The molecule has 2 aliphatic carbocycles. The minimum absolute atomic E-state index is 0.0384. The molecule has 3 aromatic rings. The van der Waals surface area contributed by atoms with Crippen LogP contribution in [0.25, 0.3) is 5.65 Å². The van der Waals surface area contributed by atoms with E-state index in [-0.39, 0.29) is 55.2 Å². The molecular weight excluding hydrogens is 570 g/mol. The first kappa shape index (κ1) is 29.8. The highest BCUT2D eigenvalue weighted by atomic mass is 19.4. The maximum absolute atomic E-state index is 14.0. The van der Waals surface area contributed by atoms with Crippen LogP contribution in [0.3, 0.4) is 0 Å². The van der Waals surface area contributed by atoms with E-state index in [4.69, 9.17) is 4.52 Å². The monoisotopic (exact) mass is 600 g/mol. The van der Waals surface area contributed by atoms with Crippen molar-refractivity contribution in [1.82, 2.24) is 30.4 Å². The molecule has 0 spiro atoms. The van der Waals surface area contributed by atoms with Gasteiger partial charge in [-0.3, -0.25) is 14.0 Å². The van der Waals surface area contributed by atoms with Crippen LogP contribution >= 0.6 is 0 Å². The number of hydrogen-bond donors (Lipinski definition) is 2. The Morgan fingerprint density at radius 3 is 2.48 bits per heavy atom. The van der Waals surface area contributed by atoms with E-state index in [1.165, 1.54) is 10.7 Å². The van der Waals surface area contributed by atoms with E-state index < -0.39 is 55.5 Å². The minimum atomic E-state index is -4.44. The molecule has 9 nitrogen and oxygen atoms in total. The summed E-state index contributed by atoms with van der Waals surface area (Å²) in [5, 5.41) is 13.6. The van der Waals surface area contributed by atoms with Gasteiger partial charge in [0, 0.05) is 25.7 Å². The number of carbonyl (C=O) groups excluding carboxylic acids is 2. The third kappa shape index (κ3) is 7.21. The summed E-state index contributed by atoms with van der Waals surface area (Å²) in [6.07, 6.45) is -1.17. The summed E-state index contributed by atoms with van der Waals surface area (Å²) >= 11 is 0. The highest BCUT2D eigenvalue weighted by molar-refractivity contribution is 5.95. The van der Waals surface area contributed by atoms with Gasteiger partial charge in [0.15, 0.2) is 5.65 Å². The molecule has 2 aliphatic rings. The van der Waals surface area contributed by atoms with E-state index in [1.807, 2.05) is 0 Å². The Labute approximate surface area is 236 Å². The maximum Gasteiger partial charge on any atom is 0.389 e. The van der Waals surface area contributed by atoms with Crippen LogP contribution in [0.1, 0.15) is 90.8 Å². The second-order valence-corrected chi connectivity index (χ2v) is 11.0.